The molecule has 0 bridgehead atoms. The first kappa shape index (κ1) is 22.4. The molecule has 5 rings (SSSR count). The Labute approximate surface area is 190 Å². The summed E-state index contributed by atoms with van der Waals surface area (Å²) < 4.78 is 6.87. The number of likely N-dealkylation sites (N-methyl/N-ethyl adjacent to an activating group) is 1. The number of carbonyl (C=O) groups is 2. The normalized spacial score (nSPS) is 14.4. The smallest absolute Gasteiger partial charge is 0.294 e. The van der Waals surface area contributed by atoms with Gasteiger partial charge in [-0.15, -0.1) is 24.8 Å². The minimum atomic E-state index is -0.464. The molecule has 3 N–H and O–H groups in total. The van der Waals surface area contributed by atoms with Crippen LogP contribution < -0.4 is 16.0 Å². The van der Waals surface area contributed by atoms with E-state index >= 15 is 0 Å². The van der Waals surface area contributed by atoms with Crippen molar-refractivity contribution in [2.45, 2.75) is 13.0 Å². The number of halogens is 2. The Morgan fingerprint density at radius 2 is 2.00 bits per heavy atom. The summed E-state index contributed by atoms with van der Waals surface area (Å²) in [5, 5.41) is 7.13. The van der Waals surface area contributed by atoms with Crippen molar-refractivity contribution in [3.63, 3.8) is 0 Å². The van der Waals surface area contributed by atoms with E-state index in [1.807, 2.05) is 29.9 Å². The molecule has 3 aromatic rings. The molecule has 1 aromatic carbocycles. The molecule has 2 aromatic heterocycles. The van der Waals surface area contributed by atoms with Gasteiger partial charge in [0.15, 0.2) is 5.82 Å². The monoisotopic (exact) mass is 465 g/mol. The summed E-state index contributed by atoms with van der Waals surface area (Å²) in [4.78, 5) is 32.1. The Morgan fingerprint density at radius 1 is 1.19 bits per heavy atom. The second kappa shape index (κ2) is 8.48. The lowest BCUT2D eigenvalue weighted by Crippen LogP contribution is -2.34. The van der Waals surface area contributed by atoms with E-state index in [4.69, 9.17) is 10.2 Å². The average Bonchev–Trinajstić information content (AvgIpc) is 3.40. The maximum Gasteiger partial charge on any atom is 0.294 e. The first-order chi connectivity index (χ1) is 14.0. The van der Waals surface area contributed by atoms with Crippen molar-refractivity contribution in [2.24, 2.45) is 0 Å². The Hall–Kier alpha value is -3.24. The molecule has 0 radical (unpaired) electrons. The quantitative estimate of drug-likeness (QED) is 0.608. The Kier molecular flexibility index (Phi) is 6.14. The van der Waals surface area contributed by atoms with Crippen LogP contribution in [0.2, 0.25) is 0 Å². The fourth-order valence-electron chi connectivity index (χ4n) is 3.75. The molecule has 0 saturated heterocycles. The highest BCUT2D eigenvalue weighted by Gasteiger charge is 2.27. The van der Waals surface area contributed by atoms with Gasteiger partial charge in [-0.2, -0.15) is 5.10 Å². The van der Waals surface area contributed by atoms with Crippen LogP contribution in [-0.4, -0.2) is 51.6 Å². The maximum absolute atomic E-state index is 12.3. The lowest BCUT2D eigenvalue weighted by atomic mass is 9.98. The molecule has 12 heteroatoms. The number of fused-ring (bicyclic) bond motifs is 2. The van der Waals surface area contributed by atoms with Gasteiger partial charge in [-0.3, -0.25) is 9.59 Å². The van der Waals surface area contributed by atoms with E-state index < -0.39 is 5.91 Å². The van der Waals surface area contributed by atoms with Crippen LogP contribution in [0.1, 0.15) is 26.5 Å². The molecule has 31 heavy (non-hydrogen) atoms. The first-order valence-corrected chi connectivity index (χ1v) is 9.26. The zero-order valence-electron chi connectivity index (χ0n) is 16.6. The van der Waals surface area contributed by atoms with Crippen LogP contribution in [0.3, 0.4) is 0 Å². The lowest BCUT2D eigenvalue weighted by molar-refractivity contribution is 0.0780. The summed E-state index contributed by atoms with van der Waals surface area (Å²) in [6.07, 6.45) is 2.10. The number of benzene rings is 1. The van der Waals surface area contributed by atoms with Gasteiger partial charge in [-0.25, -0.2) is 9.67 Å². The van der Waals surface area contributed by atoms with E-state index in [1.165, 1.54) is 6.20 Å². The molecular formula is C19H21Cl2N7O3. The van der Waals surface area contributed by atoms with E-state index in [-0.39, 0.29) is 42.5 Å². The van der Waals surface area contributed by atoms with Crippen molar-refractivity contribution in [3.8, 4) is 0 Å². The minimum absolute atomic E-state index is 0. The number of anilines is 4. The molecule has 2 aliphatic rings. The van der Waals surface area contributed by atoms with Gasteiger partial charge in [0.2, 0.25) is 5.76 Å². The fraction of sp³-hybridized carbons (Fsp3) is 0.263. The summed E-state index contributed by atoms with van der Waals surface area (Å²) in [7, 11) is 1.82. The molecule has 0 unspecified atom stereocenters. The number of carbonyl (C=O) groups excluding carboxylic acids is 2. The van der Waals surface area contributed by atoms with E-state index in [0.29, 0.717) is 12.4 Å². The summed E-state index contributed by atoms with van der Waals surface area (Å²) in [5.74, 6) is 0.907. The number of hydrogen-bond acceptors (Lipinski definition) is 7. The number of aromatic nitrogens is 3. The van der Waals surface area contributed by atoms with Crippen LogP contribution in [0.15, 0.2) is 34.9 Å². The summed E-state index contributed by atoms with van der Waals surface area (Å²) in [6.45, 7) is 2.18. The molecule has 0 saturated carbocycles. The second-order valence-corrected chi connectivity index (χ2v) is 7.10. The topological polar surface area (TPSA) is 123 Å². The van der Waals surface area contributed by atoms with Crippen LogP contribution in [-0.2, 0) is 13.0 Å². The van der Waals surface area contributed by atoms with Gasteiger partial charge < -0.3 is 25.3 Å². The fourth-order valence-corrected chi connectivity index (χ4v) is 3.75. The molecule has 0 spiro atoms. The third-order valence-electron chi connectivity index (χ3n) is 5.25. The van der Waals surface area contributed by atoms with Crippen LogP contribution in [0.4, 0.5) is 23.3 Å². The van der Waals surface area contributed by atoms with Gasteiger partial charge in [-0.05, 0) is 30.2 Å². The lowest BCUT2D eigenvalue weighted by Gasteiger charge is -2.26. The van der Waals surface area contributed by atoms with Gasteiger partial charge in [0, 0.05) is 37.5 Å². The standard InChI is InChI=1S/C19H19N7O3.2ClH/c1-24-5-4-11-8-12(2-3-13(11)18(24)28)25-6-7-26-16(25)9-15(23-26)22-17(27)14-10-21-19(20)29-14;;/h2-3,8-10H,4-7H2,1H3,(H2,20,21)(H,22,23,27);2*1H. The molecule has 164 valence electrons. The van der Waals surface area contributed by atoms with E-state index in [0.717, 1.165) is 42.1 Å². The number of oxazole rings is 1. The minimum Gasteiger partial charge on any atom is -0.418 e. The van der Waals surface area contributed by atoms with E-state index in [2.05, 4.69) is 26.4 Å². The van der Waals surface area contributed by atoms with Gasteiger partial charge in [0.05, 0.1) is 12.7 Å². The molecule has 0 atom stereocenters. The molecule has 0 fully saturated rings. The number of nitrogen functional groups attached to an aromatic ring is 1. The molecule has 0 aliphatic carbocycles. The summed E-state index contributed by atoms with van der Waals surface area (Å²) in [6, 6.07) is 7.65. The van der Waals surface area contributed by atoms with E-state index in [1.54, 1.807) is 4.90 Å². The third kappa shape index (κ3) is 3.91. The highest BCUT2D eigenvalue weighted by atomic mass is 35.5. The second-order valence-electron chi connectivity index (χ2n) is 7.10. The Bertz CT molecular complexity index is 1140. The van der Waals surface area contributed by atoms with Crippen LogP contribution in [0.5, 0.6) is 0 Å². The predicted octanol–water partition coefficient (Wildman–Crippen LogP) is 2.33. The van der Waals surface area contributed by atoms with Crippen molar-refractivity contribution in [3.05, 3.63) is 47.3 Å². The first-order valence-electron chi connectivity index (χ1n) is 9.26. The van der Waals surface area contributed by atoms with E-state index in [9.17, 15) is 9.59 Å². The summed E-state index contributed by atoms with van der Waals surface area (Å²) in [5.41, 5.74) is 8.22. The average molecular weight is 466 g/mol. The number of nitrogens with two attached hydrogens (primary N) is 1. The summed E-state index contributed by atoms with van der Waals surface area (Å²) >= 11 is 0. The molecule has 2 aliphatic heterocycles. The van der Waals surface area contributed by atoms with Crippen LogP contribution >= 0.6 is 24.8 Å². The molecule has 10 nitrogen and oxygen atoms in total. The largest absolute Gasteiger partial charge is 0.418 e. The zero-order valence-corrected chi connectivity index (χ0v) is 18.2. The highest BCUT2D eigenvalue weighted by molar-refractivity contribution is 6.02. The molecule has 4 heterocycles. The number of nitrogens with one attached hydrogen (secondary N) is 1. The van der Waals surface area contributed by atoms with Crippen molar-refractivity contribution >= 4 is 60.0 Å². The number of hydrogen-bond donors (Lipinski definition) is 2. The molecular weight excluding hydrogens is 445 g/mol. The van der Waals surface area contributed by atoms with Gasteiger partial charge in [-0.1, -0.05) is 0 Å². The third-order valence-corrected chi connectivity index (χ3v) is 5.25. The zero-order chi connectivity index (χ0) is 20.1. The van der Waals surface area contributed by atoms with Crippen molar-refractivity contribution in [1.82, 2.24) is 19.7 Å². The van der Waals surface area contributed by atoms with Gasteiger partial charge in [0.1, 0.15) is 5.82 Å². The van der Waals surface area contributed by atoms with Gasteiger partial charge in [0.25, 0.3) is 17.8 Å². The van der Waals surface area contributed by atoms with Crippen molar-refractivity contribution in [2.75, 3.05) is 36.1 Å². The van der Waals surface area contributed by atoms with Crippen molar-refractivity contribution in [1.29, 1.82) is 0 Å². The Morgan fingerprint density at radius 3 is 2.74 bits per heavy atom. The maximum atomic E-state index is 12.3. The number of rotatable bonds is 3. The predicted molar refractivity (Wildman–Crippen MR) is 120 cm³/mol. The SMILES string of the molecule is CN1CCc2cc(N3CCn4nc(NC(=O)c5cnc(N)o5)cc43)ccc2C1=O.Cl.Cl. The Balaban J connectivity index is 0.00000136. The highest BCUT2D eigenvalue weighted by Crippen LogP contribution is 2.34. The number of amides is 2. The van der Waals surface area contributed by atoms with Crippen molar-refractivity contribution < 1.29 is 14.0 Å². The van der Waals surface area contributed by atoms with Crippen LogP contribution in [0.25, 0.3) is 0 Å². The molecule has 2 amide bonds. The van der Waals surface area contributed by atoms with Crippen LogP contribution in [0, 0.1) is 0 Å². The number of nitrogens with zero attached hydrogens (tertiary/aromatic N) is 5. The van der Waals surface area contributed by atoms with Gasteiger partial charge >= 0.3 is 0 Å².